The number of hydrogen-bond acceptors (Lipinski definition) is 5. The predicted molar refractivity (Wildman–Crippen MR) is 138 cm³/mol. The fourth-order valence-electron chi connectivity index (χ4n) is 7.08. The van der Waals surface area contributed by atoms with E-state index in [1.54, 1.807) is 11.0 Å². The van der Waals surface area contributed by atoms with E-state index >= 15 is 0 Å². The Kier molecular flexibility index (Phi) is 7.63. The van der Waals surface area contributed by atoms with Gasteiger partial charge in [0.25, 0.3) is 0 Å². The number of benzene rings is 1. The lowest BCUT2D eigenvalue weighted by Crippen LogP contribution is -2.42. The molecule has 4 atom stereocenters. The van der Waals surface area contributed by atoms with Crippen LogP contribution in [0.5, 0.6) is 5.75 Å². The lowest BCUT2D eigenvalue weighted by Gasteiger charge is -2.31. The number of allylic oxidation sites excluding steroid dienone is 1. The first-order valence-corrected chi connectivity index (χ1v) is 13.8. The van der Waals surface area contributed by atoms with Crippen molar-refractivity contribution in [1.29, 1.82) is 0 Å². The summed E-state index contributed by atoms with van der Waals surface area (Å²) in [7, 11) is 0. The van der Waals surface area contributed by atoms with Crippen molar-refractivity contribution in [2.75, 3.05) is 13.2 Å². The Hall–Kier alpha value is -2.44. The summed E-state index contributed by atoms with van der Waals surface area (Å²) in [4.78, 5) is 28.6. The Balaban J connectivity index is 1.34. The number of carbonyl (C=O) groups excluding carboxylic acids is 2. The van der Waals surface area contributed by atoms with Crippen LogP contribution in [-0.2, 0) is 14.3 Å². The van der Waals surface area contributed by atoms with Crippen molar-refractivity contribution in [1.82, 2.24) is 4.90 Å². The van der Waals surface area contributed by atoms with Gasteiger partial charge < -0.3 is 14.9 Å². The largest absolute Gasteiger partial charge is 0.507 e. The van der Waals surface area contributed by atoms with Crippen LogP contribution in [0, 0.1) is 17.8 Å². The van der Waals surface area contributed by atoms with Crippen LogP contribution in [0.3, 0.4) is 0 Å². The SMILES string of the molecule is CCC/C(=C\c1ccccc1O)CC[C@H]1OC[C@H]2C1=C(CO)C[C@H]1C(=O)N(C3CCCCC3)C(=O)[C@H]12. The molecular formula is C30H39NO5. The third kappa shape index (κ3) is 4.66. The number of phenols is 1. The molecule has 0 bridgehead atoms. The minimum absolute atomic E-state index is 0.00763. The molecular weight excluding hydrogens is 454 g/mol. The van der Waals surface area contributed by atoms with Gasteiger partial charge in [0.2, 0.25) is 11.8 Å². The number of aliphatic hydroxyl groups excluding tert-OH is 1. The minimum Gasteiger partial charge on any atom is -0.507 e. The van der Waals surface area contributed by atoms with E-state index in [0.717, 1.165) is 68.1 Å². The van der Waals surface area contributed by atoms with Crippen LogP contribution in [-0.4, -0.2) is 52.3 Å². The standard InChI is InChI=1S/C30H39NO5/c1-2-8-19(15-20-9-6-7-12-25(20)33)13-14-26-27-21(17-32)16-23-28(24(27)18-36-26)30(35)31(29(23)34)22-10-4-3-5-11-22/h6-7,9,12,15,22-24,26,28,32-33H,2-5,8,10-11,13-14,16-18H2,1H3/b19-15+/t23-,24+,26-,28-/m1/s1. The van der Waals surface area contributed by atoms with Gasteiger partial charge in [0.15, 0.2) is 0 Å². The number of hydrogen-bond donors (Lipinski definition) is 2. The van der Waals surface area contributed by atoms with Crippen molar-refractivity contribution >= 4 is 17.9 Å². The topological polar surface area (TPSA) is 87.1 Å². The molecule has 0 radical (unpaired) electrons. The number of amides is 2. The van der Waals surface area contributed by atoms with Crippen molar-refractivity contribution in [2.24, 2.45) is 17.8 Å². The number of phenolic OH excluding ortho intramolecular Hbond substituents is 1. The molecule has 0 aromatic heterocycles. The maximum atomic E-state index is 13.6. The minimum atomic E-state index is -0.353. The molecule has 3 fully saturated rings. The molecule has 2 heterocycles. The highest BCUT2D eigenvalue weighted by atomic mass is 16.5. The molecule has 1 saturated carbocycles. The summed E-state index contributed by atoms with van der Waals surface area (Å²) >= 11 is 0. The number of rotatable bonds is 8. The van der Waals surface area contributed by atoms with Gasteiger partial charge in [-0.2, -0.15) is 0 Å². The van der Waals surface area contributed by atoms with E-state index in [1.165, 1.54) is 12.0 Å². The molecule has 0 spiro atoms. The molecule has 1 aromatic carbocycles. The van der Waals surface area contributed by atoms with Crippen LogP contribution in [0.4, 0.5) is 0 Å². The monoisotopic (exact) mass is 493 g/mol. The average Bonchev–Trinajstić information content (AvgIpc) is 3.42. The number of ether oxygens (including phenoxy) is 1. The van der Waals surface area contributed by atoms with Crippen molar-refractivity contribution < 1.29 is 24.5 Å². The first-order chi connectivity index (χ1) is 17.5. The Labute approximate surface area is 214 Å². The predicted octanol–water partition coefficient (Wildman–Crippen LogP) is 5.00. The molecule has 2 amide bonds. The normalized spacial score (nSPS) is 29.2. The second kappa shape index (κ2) is 10.9. The molecule has 5 rings (SSSR count). The zero-order chi connectivity index (χ0) is 25.2. The molecule has 1 aromatic rings. The second-order valence-corrected chi connectivity index (χ2v) is 11.0. The van der Waals surface area contributed by atoms with E-state index in [2.05, 4.69) is 13.0 Å². The number of aromatic hydroxyl groups is 1. The van der Waals surface area contributed by atoms with E-state index in [9.17, 15) is 19.8 Å². The number of aliphatic hydroxyl groups is 1. The molecule has 4 aliphatic rings. The van der Waals surface area contributed by atoms with E-state index in [1.807, 2.05) is 18.2 Å². The van der Waals surface area contributed by atoms with Crippen LogP contribution in [0.25, 0.3) is 6.08 Å². The Morgan fingerprint density at radius 2 is 1.86 bits per heavy atom. The average molecular weight is 494 g/mol. The maximum Gasteiger partial charge on any atom is 0.234 e. The zero-order valence-electron chi connectivity index (χ0n) is 21.3. The number of nitrogens with zero attached hydrogens (tertiary/aromatic N) is 1. The Morgan fingerprint density at radius 1 is 1.08 bits per heavy atom. The van der Waals surface area contributed by atoms with Gasteiger partial charge in [-0.1, -0.05) is 62.5 Å². The fraction of sp³-hybridized carbons (Fsp3) is 0.600. The number of fused-ring (bicyclic) bond motifs is 3. The zero-order valence-corrected chi connectivity index (χ0v) is 21.3. The highest BCUT2D eigenvalue weighted by Gasteiger charge is 2.58. The van der Waals surface area contributed by atoms with Crippen LogP contribution in [0.15, 0.2) is 41.0 Å². The summed E-state index contributed by atoms with van der Waals surface area (Å²) < 4.78 is 6.28. The smallest absolute Gasteiger partial charge is 0.234 e. The van der Waals surface area contributed by atoms with Gasteiger partial charge in [-0.15, -0.1) is 0 Å². The molecule has 194 valence electrons. The second-order valence-electron chi connectivity index (χ2n) is 11.0. The van der Waals surface area contributed by atoms with E-state index in [0.29, 0.717) is 13.0 Å². The summed E-state index contributed by atoms with van der Waals surface area (Å²) in [5.74, 6) is -0.569. The van der Waals surface area contributed by atoms with Gasteiger partial charge in [-0.25, -0.2) is 0 Å². The quantitative estimate of drug-likeness (QED) is 0.393. The molecule has 2 saturated heterocycles. The van der Waals surface area contributed by atoms with Crippen molar-refractivity contribution in [2.45, 2.75) is 83.3 Å². The van der Waals surface area contributed by atoms with Gasteiger partial charge in [0.05, 0.1) is 31.2 Å². The summed E-state index contributed by atoms with van der Waals surface area (Å²) in [6, 6.07) is 7.41. The third-order valence-corrected chi connectivity index (χ3v) is 8.77. The van der Waals surface area contributed by atoms with Crippen molar-refractivity contribution in [3.05, 3.63) is 46.5 Å². The van der Waals surface area contributed by atoms with Crippen LogP contribution >= 0.6 is 0 Å². The third-order valence-electron chi connectivity index (χ3n) is 8.77. The highest BCUT2D eigenvalue weighted by Crippen LogP contribution is 2.50. The lowest BCUT2D eigenvalue weighted by atomic mass is 9.69. The molecule has 6 heteroatoms. The van der Waals surface area contributed by atoms with E-state index < -0.39 is 0 Å². The molecule has 6 nitrogen and oxygen atoms in total. The summed E-state index contributed by atoms with van der Waals surface area (Å²) in [5, 5.41) is 20.5. The van der Waals surface area contributed by atoms with Crippen LogP contribution in [0.1, 0.15) is 76.7 Å². The number of likely N-dealkylation sites (tertiary alicyclic amines) is 1. The molecule has 0 unspecified atom stereocenters. The summed E-state index contributed by atoms with van der Waals surface area (Å²) in [6.07, 6.45) is 11.1. The van der Waals surface area contributed by atoms with Gasteiger partial charge in [0.1, 0.15) is 5.75 Å². The van der Waals surface area contributed by atoms with Crippen molar-refractivity contribution in [3.63, 3.8) is 0 Å². The summed E-state index contributed by atoms with van der Waals surface area (Å²) in [6.45, 7) is 2.50. The number of carbonyl (C=O) groups is 2. The molecule has 2 aliphatic heterocycles. The first kappa shape index (κ1) is 25.2. The van der Waals surface area contributed by atoms with Gasteiger partial charge in [-0.3, -0.25) is 14.5 Å². The fourth-order valence-corrected chi connectivity index (χ4v) is 7.08. The molecule has 2 N–H and O–H groups in total. The Bertz CT molecular complexity index is 1050. The van der Waals surface area contributed by atoms with E-state index in [4.69, 9.17) is 4.74 Å². The molecule has 36 heavy (non-hydrogen) atoms. The van der Waals surface area contributed by atoms with Crippen LogP contribution in [0.2, 0.25) is 0 Å². The lowest BCUT2D eigenvalue weighted by molar-refractivity contribution is -0.143. The van der Waals surface area contributed by atoms with Gasteiger partial charge in [0, 0.05) is 17.5 Å². The number of para-hydroxylation sites is 1. The highest BCUT2D eigenvalue weighted by molar-refractivity contribution is 6.06. The molecule has 2 aliphatic carbocycles. The van der Waals surface area contributed by atoms with E-state index in [-0.39, 0.29) is 54.1 Å². The summed E-state index contributed by atoms with van der Waals surface area (Å²) in [5.41, 5.74) is 4.04. The van der Waals surface area contributed by atoms with Crippen LogP contribution < -0.4 is 0 Å². The number of imide groups is 1. The van der Waals surface area contributed by atoms with Gasteiger partial charge in [-0.05, 0) is 55.7 Å². The Morgan fingerprint density at radius 3 is 2.58 bits per heavy atom. The first-order valence-electron chi connectivity index (χ1n) is 13.8. The van der Waals surface area contributed by atoms with Crippen molar-refractivity contribution in [3.8, 4) is 5.75 Å². The maximum absolute atomic E-state index is 13.6. The van der Waals surface area contributed by atoms with Gasteiger partial charge >= 0.3 is 0 Å².